The summed E-state index contributed by atoms with van der Waals surface area (Å²) in [5.41, 5.74) is -2.06. The van der Waals surface area contributed by atoms with E-state index in [0.29, 0.717) is 16.7 Å². The van der Waals surface area contributed by atoms with E-state index in [-0.39, 0.29) is 5.82 Å². The standard InChI is InChI=1S/C11H5BrF2N4O3/c12-7-3-16-8(4-15-7)17-11(19)9-5(13)1-2-6(10(9)14)18(20)21/h1-4H,(H,16,17,19). The number of aromatic nitrogens is 2. The molecule has 0 fully saturated rings. The second-order valence-corrected chi connectivity index (χ2v) is 4.50. The van der Waals surface area contributed by atoms with Crippen LogP contribution in [0.5, 0.6) is 0 Å². The molecular weight excluding hydrogens is 354 g/mol. The molecule has 0 bridgehead atoms. The topological polar surface area (TPSA) is 98.0 Å². The molecule has 2 rings (SSSR count). The first-order valence-electron chi connectivity index (χ1n) is 5.31. The first-order valence-corrected chi connectivity index (χ1v) is 6.10. The summed E-state index contributed by atoms with van der Waals surface area (Å²) >= 11 is 3.02. The number of rotatable bonds is 3. The summed E-state index contributed by atoms with van der Waals surface area (Å²) in [7, 11) is 0. The van der Waals surface area contributed by atoms with Crippen molar-refractivity contribution in [1.82, 2.24) is 9.97 Å². The SMILES string of the molecule is O=C(Nc1cnc(Br)cn1)c1c(F)ccc([N+](=O)[O-])c1F. The van der Waals surface area contributed by atoms with Gasteiger partial charge in [-0.15, -0.1) is 0 Å². The van der Waals surface area contributed by atoms with Crippen molar-refractivity contribution in [3.63, 3.8) is 0 Å². The summed E-state index contributed by atoms with van der Waals surface area (Å²) in [5, 5.41) is 12.7. The van der Waals surface area contributed by atoms with E-state index in [4.69, 9.17) is 0 Å². The molecule has 0 aliphatic rings. The fourth-order valence-electron chi connectivity index (χ4n) is 1.45. The van der Waals surface area contributed by atoms with Gasteiger partial charge >= 0.3 is 5.69 Å². The van der Waals surface area contributed by atoms with Gasteiger partial charge in [0, 0.05) is 6.07 Å². The molecule has 0 radical (unpaired) electrons. The van der Waals surface area contributed by atoms with Crippen LogP contribution in [0.25, 0.3) is 0 Å². The van der Waals surface area contributed by atoms with Gasteiger partial charge in [-0.1, -0.05) is 0 Å². The van der Waals surface area contributed by atoms with Gasteiger partial charge in [-0.3, -0.25) is 14.9 Å². The average Bonchev–Trinajstić information content (AvgIpc) is 2.41. The largest absolute Gasteiger partial charge is 0.305 e. The Bertz CT molecular complexity index is 724. The highest BCUT2D eigenvalue weighted by atomic mass is 79.9. The van der Waals surface area contributed by atoms with E-state index in [1.54, 1.807) is 0 Å². The number of nitrogens with zero attached hydrogens (tertiary/aromatic N) is 3. The third-order valence-electron chi connectivity index (χ3n) is 2.36. The minimum atomic E-state index is -1.55. The number of carbonyl (C=O) groups excluding carboxylic acids is 1. The molecule has 0 aliphatic carbocycles. The van der Waals surface area contributed by atoms with Crippen LogP contribution >= 0.6 is 15.9 Å². The number of carbonyl (C=O) groups is 1. The van der Waals surface area contributed by atoms with Crippen molar-refractivity contribution in [3.8, 4) is 0 Å². The molecule has 2 aromatic rings. The maximum absolute atomic E-state index is 13.8. The summed E-state index contributed by atoms with van der Waals surface area (Å²) in [6, 6.07) is 1.28. The number of nitro groups is 1. The Hall–Kier alpha value is -2.49. The molecule has 0 saturated heterocycles. The van der Waals surface area contributed by atoms with E-state index in [1.807, 2.05) is 0 Å². The van der Waals surface area contributed by atoms with Crippen LogP contribution in [-0.2, 0) is 0 Å². The van der Waals surface area contributed by atoms with E-state index >= 15 is 0 Å². The number of halogens is 3. The molecule has 1 N–H and O–H groups in total. The zero-order chi connectivity index (χ0) is 15.6. The van der Waals surface area contributed by atoms with Crippen LogP contribution in [0.1, 0.15) is 10.4 Å². The van der Waals surface area contributed by atoms with Gasteiger partial charge in [0.05, 0.1) is 17.3 Å². The third kappa shape index (κ3) is 3.16. The highest BCUT2D eigenvalue weighted by Crippen LogP contribution is 2.23. The highest BCUT2D eigenvalue weighted by molar-refractivity contribution is 9.10. The summed E-state index contributed by atoms with van der Waals surface area (Å²) in [5.74, 6) is -4.04. The molecule has 1 heterocycles. The summed E-state index contributed by atoms with van der Waals surface area (Å²) in [6.45, 7) is 0. The first kappa shape index (κ1) is 14.9. The molecule has 108 valence electrons. The Morgan fingerprint density at radius 3 is 2.57 bits per heavy atom. The second-order valence-electron chi connectivity index (χ2n) is 3.69. The van der Waals surface area contributed by atoms with Gasteiger partial charge in [-0.05, 0) is 22.0 Å². The quantitative estimate of drug-likeness (QED) is 0.671. The van der Waals surface area contributed by atoms with Crippen LogP contribution in [0.15, 0.2) is 29.1 Å². The lowest BCUT2D eigenvalue weighted by atomic mass is 10.1. The second kappa shape index (κ2) is 5.87. The zero-order valence-electron chi connectivity index (χ0n) is 10.0. The van der Waals surface area contributed by atoms with Crippen molar-refractivity contribution in [2.75, 3.05) is 5.32 Å². The fourth-order valence-corrected chi connectivity index (χ4v) is 1.65. The Morgan fingerprint density at radius 1 is 1.29 bits per heavy atom. The van der Waals surface area contributed by atoms with Crippen LogP contribution in [0, 0.1) is 21.7 Å². The number of hydrogen-bond acceptors (Lipinski definition) is 5. The number of anilines is 1. The Kier molecular flexibility index (Phi) is 4.17. The first-order chi connectivity index (χ1) is 9.90. The lowest BCUT2D eigenvalue weighted by molar-refractivity contribution is -0.387. The molecule has 0 unspecified atom stereocenters. The minimum absolute atomic E-state index is 0.0616. The Labute approximate surface area is 124 Å². The summed E-state index contributed by atoms with van der Waals surface area (Å²) < 4.78 is 27.8. The van der Waals surface area contributed by atoms with E-state index in [2.05, 4.69) is 31.2 Å². The van der Waals surface area contributed by atoms with Crippen molar-refractivity contribution in [3.05, 3.63) is 56.4 Å². The van der Waals surface area contributed by atoms with Gasteiger partial charge in [-0.2, -0.15) is 4.39 Å². The van der Waals surface area contributed by atoms with E-state index in [9.17, 15) is 23.7 Å². The molecule has 1 aromatic carbocycles. The predicted molar refractivity (Wildman–Crippen MR) is 70.7 cm³/mol. The van der Waals surface area contributed by atoms with Crippen LogP contribution in [0.2, 0.25) is 0 Å². The predicted octanol–water partition coefficient (Wildman–Crippen LogP) is 2.68. The Morgan fingerprint density at radius 2 is 2.00 bits per heavy atom. The molecule has 0 saturated carbocycles. The van der Waals surface area contributed by atoms with Crippen molar-refractivity contribution < 1.29 is 18.5 Å². The number of amides is 1. The van der Waals surface area contributed by atoms with Gasteiger partial charge in [0.1, 0.15) is 16.0 Å². The van der Waals surface area contributed by atoms with Gasteiger partial charge < -0.3 is 5.32 Å². The van der Waals surface area contributed by atoms with E-state index < -0.39 is 33.7 Å². The highest BCUT2D eigenvalue weighted by Gasteiger charge is 2.26. The minimum Gasteiger partial charge on any atom is -0.305 e. The van der Waals surface area contributed by atoms with E-state index in [1.165, 1.54) is 6.20 Å². The molecular formula is C11H5BrF2N4O3. The van der Waals surface area contributed by atoms with Crippen molar-refractivity contribution >= 4 is 33.3 Å². The van der Waals surface area contributed by atoms with Gasteiger partial charge in [-0.25, -0.2) is 14.4 Å². The number of nitro benzene ring substituents is 1. The number of nitrogens with one attached hydrogen (secondary N) is 1. The zero-order valence-corrected chi connectivity index (χ0v) is 11.6. The molecule has 21 heavy (non-hydrogen) atoms. The van der Waals surface area contributed by atoms with Crippen LogP contribution in [0.3, 0.4) is 0 Å². The van der Waals surface area contributed by atoms with Crippen molar-refractivity contribution in [1.29, 1.82) is 0 Å². The average molecular weight is 359 g/mol. The van der Waals surface area contributed by atoms with Crippen LogP contribution < -0.4 is 5.32 Å². The van der Waals surface area contributed by atoms with Crippen LogP contribution in [-0.4, -0.2) is 20.8 Å². The summed E-state index contributed by atoms with van der Waals surface area (Å²) in [6.07, 6.45) is 2.41. The molecule has 0 atom stereocenters. The molecule has 1 aromatic heterocycles. The molecule has 0 spiro atoms. The number of benzene rings is 1. The Balaban J connectivity index is 2.37. The van der Waals surface area contributed by atoms with Crippen LogP contribution in [0.4, 0.5) is 20.3 Å². The number of hydrogen-bond donors (Lipinski definition) is 1. The fraction of sp³-hybridized carbons (Fsp3) is 0. The normalized spacial score (nSPS) is 10.2. The molecule has 1 amide bonds. The lowest BCUT2D eigenvalue weighted by Crippen LogP contribution is -2.17. The maximum atomic E-state index is 13.8. The van der Waals surface area contributed by atoms with Crippen molar-refractivity contribution in [2.45, 2.75) is 0 Å². The molecule has 7 nitrogen and oxygen atoms in total. The van der Waals surface area contributed by atoms with Gasteiger partial charge in [0.2, 0.25) is 5.82 Å². The van der Waals surface area contributed by atoms with Gasteiger partial charge in [0.25, 0.3) is 5.91 Å². The van der Waals surface area contributed by atoms with E-state index in [0.717, 1.165) is 6.20 Å². The molecule has 0 aliphatic heterocycles. The van der Waals surface area contributed by atoms with Gasteiger partial charge in [0.15, 0.2) is 5.82 Å². The van der Waals surface area contributed by atoms with Crippen molar-refractivity contribution in [2.24, 2.45) is 0 Å². The third-order valence-corrected chi connectivity index (χ3v) is 2.77. The monoisotopic (exact) mass is 358 g/mol. The summed E-state index contributed by atoms with van der Waals surface area (Å²) in [4.78, 5) is 28.9. The molecule has 10 heteroatoms. The smallest absolute Gasteiger partial charge is 0.305 e. The lowest BCUT2D eigenvalue weighted by Gasteiger charge is -2.06. The maximum Gasteiger partial charge on any atom is 0.305 e.